The van der Waals surface area contributed by atoms with Gasteiger partial charge in [0, 0.05) is 12.6 Å². The molecule has 14 heavy (non-hydrogen) atoms. The third kappa shape index (κ3) is 4.58. The quantitative estimate of drug-likeness (QED) is 0.734. The standard InChI is InChI=1S/C12H19NS/c1-10(2)4-6-13-11(3)8-12-5-7-14-9-12/h4-5,7,9,11,13H,6,8H2,1-3H3. The summed E-state index contributed by atoms with van der Waals surface area (Å²) in [5.74, 6) is 0. The highest BCUT2D eigenvalue weighted by Gasteiger charge is 2.01. The lowest BCUT2D eigenvalue weighted by molar-refractivity contribution is 0.580. The summed E-state index contributed by atoms with van der Waals surface area (Å²) < 4.78 is 0. The van der Waals surface area contributed by atoms with Crippen LogP contribution in [0.1, 0.15) is 26.3 Å². The fourth-order valence-corrected chi connectivity index (χ4v) is 1.98. The second-order valence-corrected chi connectivity index (χ2v) is 4.71. The molecule has 0 saturated heterocycles. The average molecular weight is 209 g/mol. The third-order valence-electron chi connectivity index (χ3n) is 2.10. The largest absolute Gasteiger partial charge is 0.310 e. The van der Waals surface area contributed by atoms with Crippen LogP contribution in [0.3, 0.4) is 0 Å². The molecule has 0 aromatic carbocycles. The van der Waals surface area contributed by atoms with Crippen molar-refractivity contribution in [2.45, 2.75) is 33.2 Å². The first-order chi connectivity index (χ1) is 6.68. The van der Waals surface area contributed by atoms with E-state index >= 15 is 0 Å². The minimum Gasteiger partial charge on any atom is -0.310 e. The summed E-state index contributed by atoms with van der Waals surface area (Å²) in [5, 5.41) is 7.84. The minimum absolute atomic E-state index is 0.556. The molecule has 0 aliphatic rings. The summed E-state index contributed by atoms with van der Waals surface area (Å²) in [5.41, 5.74) is 2.81. The Kier molecular flexibility index (Phi) is 4.91. The average Bonchev–Trinajstić information content (AvgIpc) is 2.56. The minimum atomic E-state index is 0.556. The first-order valence-corrected chi connectivity index (χ1v) is 6.00. The van der Waals surface area contributed by atoms with E-state index in [-0.39, 0.29) is 0 Å². The van der Waals surface area contributed by atoms with E-state index < -0.39 is 0 Å². The van der Waals surface area contributed by atoms with Crippen molar-refractivity contribution in [3.63, 3.8) is 0 Å². The molecule has 1 atom stereocenters. The van der Waals surface area contributed by atoms with Gasteiger partial charge in [0.2, 0.25) is 0 Å². The summed E-state index contributed by atoms with van der Waals surface area (Å²) in [6.45, 7) is 7.47. The Hall–Kier alpha value is -0.600. The van der Waals surface area contributed by atoms with Gasteiger partial charge in [0.15, 0.2) is 0 Å². The van der Waals surface area contributed by atoms with Crippen molar-refractivity contribution in [3.8, 4) is 0 Å². The topological polar surface area (TPSA) is 12.0 Å². The molecule has 1 unspecified atom stereocenters. The Morgan fingerprint density at radius 1 is 1.57 bits per heavy atom. The molecular formula is C12H19NS. The SMILES string of the molecule is CC(C)=CCNC(C)Cc1ccsc1. The lowest BCUT2D eigenvalue weighted by atomic mass is 10.1. The summed E-state index contributed by atoms with van der Waals surface area (Å²) in [6.07, 6.45) is 3.35. The van der Waals surface area contributed by atoms with Crippen LogP contribution in [0.4, 0.5) is 0 Å². The molecule has 1 aromatic heterocycles. The van der Waals surface area contributed by atoms with Gasteiger partial charge in [-0.05, 0) is 49.6 Å². The maximum absolute atomic E-state index is 3.48. The Morgan fingerprint density at radius 3 is 2.93 bits per heavy atom. The summed E-state index contributed by atoms with van der Waals surface area (Å²) in [7, 11) is 0. The molecular weight excluding hydrogens is 190 g/mol. The highest BCUT2D eigenvalue weighted by Crippen LogP contribution is 2.08. The van der Waals surface area contributed by atoms with Crippen LogP contribution in [0.2, 0.25) is 0 Å². The zero-order valence-corrected chi connectivity index (χ0v) is 10.0. The van der Waals surface area contributed by atoms with Gasteiger partial charge in [-0.3, -0.25) is 0 Å². The normalized spacial score (nSPS) is 12.5. The van der Waals surface area contributed by atoms with Crippen molar-refractivity contribution in [1.29, 1.82) is 0 Å². The van der Waals surface area contributed by atoms with E-state index in [4.69, 9.17) is 0 Å². The van der Waals surface area contributed by atoms with Crippen LogP contribution < -0.4 is 5.32 Å². The summed E-state index contributed by atoms with van der Waals surface area (Å²) >= 11 is 1.77. The molecule has 0 saturated carbocycles. The predicted octanol–water partition coefficient (Wildman–Crippen LogP) is 3.23. The van der Waals surface area contributed by atoms with Crippen LogP contribution in [0.5, 0.6) is 0 Å². The number of hydrogen-bond donors (Lipinski definition) is 1. The number of rotatable bonds is 5. The number of nitrogens with one attached hydrogen (secondary N) is 1. The molecule has 1 heterocycles. The molecule has 78 valence electrons. The summed E-state index contributed by atoms with van der Waals surface area (Å²) in [4.78, 5) is 0. The highest BCUT2D eigenvalue weighted by atomic mass is 32.1. The Morgan fingerprint density at radius 2 is 2.36 bits per heavy atom. The number of hydrogen-bond acceptors (Lipinski definition) is 2. The first kappa shape index (κ1) is 11.5. The van der Waals surface area contributed by atoms with Crippen LogP contribution in [0.15, 0.2) is 28.5 Å². The van der Waals surface area contributed by atoms with Gasteiger partial charge in [-0.2, -0.15) is 11.3 Å². The molecule has 0 aliphatic carbocycles. The maximum Gasteiger partial charge on any atom is 0.0139 e. The summed E-state index contributed by atoms with van der Waals surface area (Å²) in [6, 6.07) is 2.75. The lowest BCUT2D eigenvalue weighted by Crippen LogP contribution is -2.28. The Balaban J connectivity index is 2.23. The van der Waals surface area contributed by atoms with Crippen LogP contribution in [-0.2, 0) is 6.42 Å². The first-order valence-electron chi connectivity index (χ1n) is 5.06. The smallest absolute Gasteiger partial charge is 0.0139 e. The van der Waals surface area contributed by atoms with Crippen molar-refractivity contribution in [2.24, 2.45) is 0 Å². The van der Waals surface area contributed by atoms with Crippen molar-refractivity contribution in [2.75, 3.05) is 6.54 Å². The van der Waals surface area contributed by atoms with Crippen molar-refractivity contribution >= 4 is 11.3 Å². The van der Waals surface area contributed by atoms with E-state index in [2.05, 4.69) is 49.0 Å². The van der Waals surface area contributed by atoms with Gasteiger partial charge in [-0.1, -0.05) is 11.6 Å². The van der Waals surface area contributed by atoms with Crippen LogP contribution >= 0.6 is 11.3 Å². The van der Waals surface area contributed by atoms with Crippen LogP contribution in [0, 0.1) is 0 Å². The molecule has 0 spiro atoms. The molecule has 0 amide bonds. The van der Waals surface area contributed by atoms with E-state index in [0.29, 0.717) is 6.04 Å². The molecule has 1 aromatic rings. The van der Waals surface area contributed by atoms with E-state index in [1.165, 1.54) is 11.1 Å². The zero-order chi connectivity index (χ0) is 10.4. The van der Waals surface area contributed by atoms with Crippen molar-refractivity contribution < 1.29 is 0 Å². The second kappa shape index (κ2) is 5.99. The molecule has 0 bridgehead atoms. The molecule has 0 aliphatic heterocycles. The van der Waals surface area contributed by atoms with E-state index in [0.717, 1.165) is 13.0 Å². The van der Waals surface area contributed by atoms with Gasteiger partial charge in [-0.15, -0.1) is 0 Å². The van der Waals surface area contributed by atoms with Gasteiger partial charge < -0.3 is 5.32 Å². The number of thiophene rings is 1. The molecule has 0 radical (unpaired) electrons. The van der Waals surface area contributed by atoms with Gasteiger partial charge in [0.25, 0.3) is 0 Å². The Labute approximate surface area is 90.9 Å². The van der Waals surface area contributed by atoms with Crippen molar-refractivity contribution in [3.05, 3.63) is 34.0 Å². The maximum atomic E-state index is 3.48. The monoisotopic (exact) mass is 209 g/mol. The Bertz CT molecular complexity index is 271. The molecule has 2 heteroatoms. The lowest BCUT2D eigenvalue weighted by Gasteiger charge is -2.11. The van der Waals surface area contributed by atoms with Crippen LogP contribution in [-0.4, -0.2) is 12.6 Å². The highest BCUT2D eigenvalue weighted by molar-refractivity contribution is 7.07. The van der Waals surface area contributed by atoms with Gasteiger partial charge >= 0.3 is 0 Å². The van der Waals surface area contributed by atoms with Gasteiger partial charge in [0.1, 0.15) is 0 Å². The van der Waals surface area contributed by atoms with Gasteiger partial charge in [0.05, 0.1) is 0 Å². The van der Waals surface area contributed by atoms with Gasteiger partial charge in [-0.25, -0.2) is 0 Å². The van der Waals surface area contributed by atoms with E-state index in [9.17, 15) is 0 Å². The second-order valence-electron chi connectivity index (χ2n) is 3.93. The molecule has 1 nitrogen and oxygen atoms in total. The molecule has 0 fully saturated rings. The van der Waals surface area contributed by atoms with E-state index in [1.807, 2.05) is 0 Å². The molecule has 1 N–H and O–H groups in total. The number of allylic oxidation sites excluding steroid dienone is 1. The zero-order valence-electron chi connectivity index (χ0n) is 9.21. The fourth-order valence-electron chi connectivity index (χ4n) is 1.30. The van der Waals surface area contributed by atoms with E-state index in [1.54, 1.807) is 11.3 Å². The fraction of sp³-hybridized carbons (Fsp3) is 0.500. The van der Waals surface area contributed by atoms with Crippen molar-refractivity contribution in [1.82, 2.24) is 5.32 Å². The van der Waals surface area contributed by atoms with Crippen LogP contribution in [0.25, 0.3) is 0 Å². The predicted molar refractivity (Wildman–Crippen MR) is 64.9 cm³/mol. The molecule has 1 rings (SSSR count). The third-order valence-corrected chi connectivity index (χ3v) is 2.83.